The van der Waals surface area contributed by atoms with E-state index in [1.54, 1.807) is 0 Å². The van der Waals surface area contributed by atoms with Crippen LogP contribution in [0, 0.1) is 13.8 Å². The molecular formula is C23H32N4O. The Morgan fingerprint density at radius 1 is 1.21 bits per heavy atom. The monoisotopic (exact) mass is 380 g/mol. The van der Waals surface area contributed by atoms with Gasteiger partial charge in [0.25, 0.3) is 0 Å². The van der Waals surface area contributed by atoms with Gasteiger partial charge in [0.2, 0.25) is 5.91 Å². The lowest BCUT2D eigenvalue weighted by atomic mass is 10.0. The van der Waals surface area contributed by atoms with Crippen LogP contribution in [-0.4, -0.2) is 45.8 Å². The summed E-state index contributed by atoms with van der Waals surface area (Å²) in [7, 11) is 1.96. The van der Waals surface area contributed by atoms with Crippen molar-refractivity contribution in [1.82, 2.24) is 20.0 Å². The molecule has 5 nitrogen and oxygen atoms in total. The highest BCUT2D eigenvalue weighted by Gasteiger charge is 2.30. The van der Waals surface area contributed by atoms with Crippen molar-refractivity contribution in [2.45, 2.75) is 64.5 Å². The van der Waals surface area contributed by atoms with Gasteiger partial charge in [-0.05, 0) is 69.2 Å². The van der Waals surface area contributed by atoms with E-state index in [0.717, 1.165) is 50.2 Å². The molecule has 0 saturated carbocycles. The Kier molecular flexibility index (Phi) is 5.54. The number of aromatic nitrogens is 2. The summed E-state index contributed by atoms with van der Waals surface area (Å²) in [5, 5.41) is 7.76. The SMILES string of the molecule is Cc1nn(C)c(C)c1CCC(=O)N[C@H]1CCCN(C2Cc3ccccc3C2)C1. The van der Waals surface area contributed by atoms with Crippen LogP contribution in [0.25, 0.3) is 0 Å². The van der Waals surface area contributed by atoms with Crippen LogP contribution in [0.3, 0.4) is 0 Å². The van der Waals surface area contributed by atoms with E-state index in [9.17, 15) is 4.79 Å². The fraction of sp³-hybridized carbons (Fsp3) is 0.565. The molecule has 1 aromatic heterocycles. The molecule has 1 aliphatic carbocycles. The van der Waals surface area contributed by atoms with Crippen LogP contribution in [0.4, 0.5) is 0 Å². The van der Waals surface area contributed by atoms with Crippen molar-refractivity contribution >= 4 is 5.91 Å². The van der Waals surface area contributed by atoms with E-state index in [1.165, 1.54) is 23.1 Å². The lowest BCUT2D eigenvalue weighted by molar-refractivity contribution is -0.122. The Labute approximate surface area is 168 Å². The molecule has 28 heavy (non-hydrogen) atoms. The number of nitrogens with one attached hydrogen (secondary N) is 1. The Balaban J connectivity index is 1.29. The van der Waals surface area contributed by atoms with Gasteiger partial charge in [0.1, 0.15) is 0 Å². The van der Waals surface area contributed by atoms with Gasteiger partial charge >= 0.3 is 0 Å². The molecule has 2 heterocycles. The van der Waals surface area contributed by atoms with E-state index in [1.807, 2.05) is 18.7 Å². The molecule has 0 radical (unpaired) electrons. The van der Waals surface area contributed by atoms with Gasteiger partial charge in [-0.2, -0.15) is 5.10 Å². The number of benzene rings is 1. The Hall–Kier alpha value is -2.14. The average molecular weight is 381 g/mol. The molecule has 4 rings (SSSR count). The van der Waals surface area contributed by atoms with Crippen molar-refractivity contribution in [3.05, 3.63) is 52.3 Å². The zero-order valence-electron chi connectivity index (χ0n) is 17.4. The summed E-state index contributed by atoms with van der Waals surface area (Å²) in [5.41, 5.74) is 6.42. The fourth-order valence-corrected chi connectivity index (χ4v) is 4.97. The maximum Gasteiger partial charge on any atom is 0.220 e. The van der Waals surface area contributed by atoms with Crippen LogP contribution in [0.2, 0.25) is 0 Å². The van der Waals surface area contributed by atoms with Crippen molar-refractivity contribution in [3.63, 3.8) is 0 Å². The van der Waals surface area contributed by atoms with E-state index in [2.05, 4.69) is 46.5 Å². The summed E-state index contributed by atoms with van der Waals surface area (Å²) in [5.74, 6) is 0.171. The lowest BCUT2D eigenvalue weighted by Gasteiger charge is -2.37. The van der Waals surface area contributed by atoms with Crippen molar-refractivity contribution in [3.8, 4) is 0 Å². The molecule has 1 aliphatic heterocycles. The number of hydrogen-bond acceptors (Lipinski definition) is 3. The number of amides is 1. The lowest BCUT2D eigenvalue weighted by Crippen LogP contribution is -2.51. The first-order valence-corrected chi connectivity index (χ1v) is 10.6. The normalized spacial score (nSPS) is 20.3. The number of aryl methyl sites for hydroxylation is 2. The molecule has 1 aromatic carbocycles. The molecule has 0 bridgehead atoms. The second kappa shape index (κ2) is 8.08. The van der Waals surface area contributed by atoms with Gasteiger partial charge in [0.15, 0.2) is 0 Å². The number of piperidine rings is 1. The predicted molar refractivity (Wildman–Crippen MR) is 111 cm³/mol. The number of hydrogen-bond donors (Lipinski definition) is 1. The molecule has 5 heteroatoms. The van der Waals surface area contributed by atoms with Gasteiger partial charge in [-0.3, -0.25) is 14.4 Å². The Morgan fingerprint density at radius 3 is 2.57 bits per heavy atom. The molecule has 0 spiro atoms. The van der Waals surface area contributed by atoms with Gasteiger partial charge in [0.05, 0.1) is 5.69 Å². The first-order chi connectivity index (χ1) is 13.5. The number of likely N-dealkylation sites (tertiary alicyclic amines) is 1. The van der Waals surface area contributed by atoms with Gasteiger partial charge in [0, 0.05) is 37.8 Å². The van der Waals surface area contributed by atoms with Crippen LogP contribution in [-0.2, 0) is 31.1 Å². The minimum Gasteiger partial charge on any atom is -0.352 e. The first-order valence-electron chi connectivity index (χ1n) is 10.6. The number of fused-ring (bicyclic) bond motifs is 1. The van der Waals surface area contributed by atoms with Crippen LogP contribution < -0.4 is 5.32 Å². The molecule has 1 atom stereocenters. The fourth-order valence-electron chi connectivity index (χ4n) is 4.97. The molecule has 150 valence electrons. The first kappa shape index (κ1) is 19.2. The molecule has 2 aromatic rings. The highest BCUT2D eigenvalue weighted by atomic mass is 16.1. The minimum atomic E-state index is 0.171. The maximum atomic E-state index is 12.6. The van der Waals surface area contributed by atoms with Crippen molar-refractivity contribution in [2.24, 2.45) is 7.05 Å². The summed E-state index contributed by atoms with van der Waals surface area (Å²) in [4.78, 5) is 15.2. The highest BCUT2D eigenvalue weighted by Crippen LogP contribution is 2.27. The van der Waals surface area contributed by atoms with Gasteiger partial charge in [-0.25, -0.2) is 0 Å². The maximum absolute atomic E-state index is 12.6. The Bertz CT molecular complexity index is 831. The standard InChI is InChI=1S/C23H32N4O/c1-16-22(17(2)26(3)25-16)10-11-23(28)24-20-9-6-12-27(15-20)21-13-18-7-4-5-8-19(18)14-21/h4-5,7-8,20-21H,6,9-15H2,1-3H3,(H,24,28)/t20-/m0/s1. The zero-order valence-corrected chi connectivity index (χ0v) is 17.4. The third-order valence-corrected chi connectivity index (χ3v) is 6.62. The van der Waals surface area contributed by atoms with Crippen LogP contribution in [0.15, 0.2) is 24.3 Å². The summed E-state index contributed by atoms with van der Waals surface area (Å²) in [6, 6.07) is 9.69. The molecule has 1 fully saturated rings. The molecule has 2 aliphatic rings. The molecule has 0 unspecified atom stereocenters. The van der Waals surface area contributed by atoms with Crippen molar-refractivity contribution < 1.29 is 4.79 Å². The number of carbonyl (C=O) groups excluding carboxylic acids is 1. The smallest absolute Gasteiger partial charge is 0.220 e. The van der Waals surface area contributed by atoms with Gasteiger partial charge in [-0.1, -0.05) is 24.3 Å². The average Bonchev–Trinajstić information content (AvgIpc) is 3.22. The van der Waals surface area contributed by atoms with E-state index in [0.29, 0.717) is 12.5 Å². The van der Waals surface area contributed by atoms with E-state index < -0.39 is 0 Å². The summed E-state index contributed by atoms with van der Waals surface area (Å²) >= 11 is 0. The molecule has 1 saturated heterocycles. The zero-order chi connectivity index (χ0) is 19.7. The third kappa shape index (κ3) is 4.00. The van der Waals surface area contributed by atoms with E-state index in [-0.39, 0.29) is 11.9 Å². The predicted octanol–water partition coefficient (Wildman–Crippen LogP) is 2.72. The van der Waals surface area contributed by atoms with Crippen LogP contribution >= 0.6 is 0 Å². The van der Waals surface area contributed by atoms with E-state index >= 15 is 0 Å². The second-order valence-corrected chi connectivity index (χ2v) is 8.51. The van der Waals surface area contributed by atoms with Crippen LogP contribution in [0.5, 0.6) is 0 Å². The topological polar surface area (TPSA) is 50.2 Å². The molecule has 1 N–H and O–H groups in total. The number of nitrogens with zero attached hydrogens (tertiary/aromatic N) is 3. The van der Waals surface area contributed by atoms with Crippen LogP contribution in [0.1, 0.15) is 47.3 Å². The quantitative estimate of drug-likeness (QED) is 0.868. The second-order valence-electron chi connectivity index (χ2n) is 8.51. The largest absolute Gasteiger partial charge is 0.352 e. The van der Waals surface area contributed by atoms with Gasteiger partial charge in [-0.15, -0.1) is 0 Å². The highest BCUT2D eigenvalue weighted by molar-refractivity contribution is 5.76. The van der Waals surface area contributed by atoms with Crippen molar-refractivity contribution in [1.29, 1.82) is 0 Å². The Morgan fingerprint density at radius 2 is 1.93 bits per heavy atom. The minimum absolute atomic E-state index is 0.171. The van der Waals surface area contributed by atoms with Crippen molar-refractivity contribution in [2.75, 3.05) is 13.1 Å². The van der Waals surface area contributed by atoms with Gasteiger partial charge < -0.3 is 5.32 Å². The third-order valence-electron chi connectivity index (χ3n) is 6.62. The molecule has 1 amide bonds. The summed E-state index contributed by atoms with van der Waals surface area (Å²) < 4.78 is 1.90. The summed E-state index contributed by atoms with van der Waals surface area (Å²) in [6.45, 7) is 6.24. The van der Waals surface area contributed by atoms with E-state index in [4.69, 9.17) is 0 Å². The number of carbonyl (C=O) groups is 1. The number of rotatable bonds is 5. The molecular weight excluding hydrogens is 348 g/mol. The summed E-state index contributed by atoms with van der Waals surface area (Å²) in [6.07, 6.45) is 5.86.